The van der Waals surface area contributed by atoms with Gasteiger partial charge in [0.15, 0.2) is 0 Å². The van der Waals surface area contributed by atoms with Crippen molar-refractivity contribution in [2.45, 2.75) is 12.7 Å². The van der Waals surface area contributed by atoms with Crippen LogP contribution in [0.5, 0.6) is 0 Å². The summed E-state index contributed by atoms with van der Waals surface area (Å²) in [7, 11) is 0. The number of halogens is 4. The van der Waals surface area contributed by atoms with Gasteiger partial charge in [0, 0.05) is 11.6 Å². The quantitative estimate of drug-likeness (QED) is 0.499. The van der Waals surface area contributed by atoms with Crippen LogP contribution < -0.4 is 5.56 Å². The summed E-state index contributed by atoms with van der Waals surface area (Å²) in [6.07, 6.45) is -3.29. The highest BCUT2D eigenvalue weighted by atomic mass is 19.4. The van der Waals surface area contributed by atoms with E-state index in [0.717, 1.165) is 24.3 Å². The summed E-state index contributed by atoms with van der Waals surface area (Å²) in [5.41, 5.74) is -0.942. The van der Waals surface area contributed by atoms with E-state index in [2.05, 4.69) is 15.1 Å². The molecule has 0 aliphatic carbocycles. The van der Waals surface area contributed by atoms with Gasteiger partial charge in [-0.15, -0.1) is 0 Å². The van der Waals surface area contributed by atoms with Gasteiger partial charge in [0.1, 0.15) is 12.4 Å². The molecule has 0 spiro atoms. The van der Waals surface area contributed by atoms with E-state index in [0.29, 0.717) is 0 Å². The molecule has 2 aromatic carbocycles. The van der Waals surface area contributed by atoms with Crippen molar-refractivity contribution in [3.63, 3.8) is 0 Å². The molecule has 0 fully saturated rings. The Balaban J connectivity index is 1.64. The van der Waals surface area contributed by atoms with Gasteiger partial charge in [0.2, 0.25) is 11.7 Å². The second kappa shape index (κ2) is 6.55. The van der Waals surface area contributed by atoms with Crippen molar-refractivity contribution in [1.82, 2.24) is 19.7 Å². The molecule has 2 aromatic heterocycles. The van der Waals surface area contributed by atoms with E-state index in [1.807, 2.05) is 0 Å². The van der Waals surface area contributed by atoms with E-state index < -0.39 is 23.1 Å². The van der Waals surface area contributed by atoms with E-state index in [4.69, 9.17) is 4.52 Å². The largest absolute Gasteiger partial charge is 0.416 e. The van der Waals surface area contributed by atoms with Crippen LogP contribution in [0.15, 0.2) is 58.1 Å². The normalized spacial score (nSPS) is 11.9. The summed E-state index contributed by atoms with van der Waals surface area (Å²) in [6.45, 7) is -0.134. The first-order chi connectivity index (χ1) is 13.3. The Kier molecular flexibility index (Phi) is 4.17. The fraction of sp³-hybridized carbons (Fsp3) is 0.111. The molecular weight excluding hydrogens is 380 g/mol. The van der Waals surface area contributed by atoms with Gasteiger partial charge in [-0.3, -0.25) is 9.36 Å². The fourth-order valence-electron chi connectivity index (χ4n) is 2.66. The van der Waals surface area contributed by atoms with E-state index in [9.17, 15) is 22.4 Å². The first-order valence-electron chi connectivity index (χ1n) is 7.96. The van der Waals surface area contributed by atoms with Gasteiger partial charge < -0.3 is 4.52 Å². The summed E-state index contributed by atoms with van der Waals surface area (Å²) in [6, 6.07) is 8.11. The Morgan fingerprint density at radius 1 is 1.11 bits per heavy atom. The number of benzene rings is 2. The van der Waals surface area contributed by atoms with Crippen molar-refractivity contribution in [3.05, 3.63) is 76.4 Å². The van der Waals surface area contributed by atoms with Crippen molar-refractivity contribution in [2.75, 3.05) is 0 Å². The Morgan fingerprint density at radius 3 is 2.71 bits per heavy atom. The number of aromatic nitrogens is 4. The second-order valence-electron chi connectivity index (χ2n) is 5.93. The zero-order chi connectivity index (χ0) is 19.9. The Morgan fingerprint density at radius 2 is 1.93 bits per heavy atom. The van der Waals surface area contributed by atoms with Crippen LogP contribution >= 0.6 is 0 Å². The van der Waals surface area contributed by atoms with Crippen LogP contribution in [0.4, 0.5) is 17.6 Å². The summed E-state index contributed by atoms with van der Waals surface area (Å²) in [5, 5.41) is 3.88. The molecule has 0 aliphatic heterocycles. The molecule has 4 rings (SSSR count). The maximum atomic E-state index is 13.2. The summed E-state index contributed by atoms with van der Waals surface area (Å²) < 4.78 is 58.0. The molecule has 4 aromatic rings. The van der Waals surface area contributed by atoms with Gasteiger partial charge in [0.25, 0.3) is 5.56 Å². The monoisotopic (exact) mass is 390 g/mol. The first-order valence-corrected chi connectivity index (χ1v) is 7.96. The second-order valence-corrected chi connectivity index (χ2v) is 5.93. The predicted octanol–water partition coefficient (Wildman–Crippen LogP) is 3.65. The van der Waals surface area contributed by atoms with Crippen molar-refractivity contribution in [2.24, 2.45) is 0 Å². The highest BCUT2D eigenvalue weighted by molar-refractivity contribution is 5.77. The van der Waals surface area contributed by atoms with E-state index in [-0.39, 0.29) is 34.7 Å². The molecule has 0 aliphatic rings. The molecule has 0 amide bonds. The van der Waals surface area contributed by atoms with Crippen molar-refractivity contribution >= 4 is 10.9 Å². The Hall–Kier alpha value is -3.56. The molecule has 0 atom stereocenters. The number of alkyl halides is 3. The molecule has 0 radical (unpaired) electrons. The first kappa shape index (κ1) is 17.8. The van der Waals surface area contributed by atoms with Crippen LogP contribution in [-0.2, 0) is 12.7 Å². The average molecular weight is 390 g/mol. The lowest BCUT2D eigenvalue weighted by Gasteiger charge is -2.06. The molecule has 0 saturated carbocycles. The third-order valence-corrected chi connectivity index (χ3v) is 4.01. The maximum absolute atomic E-state index is 13.2. The highest BCUT2D eigenvalue weighted by Crippen LogP contribution is 2.31. The lowest BCUT2D eigenvalue weighted by molar-refractivity contribution is -0.137. The number of fused-ring (bicyclic) bond motifs is 1. The van der Waals surface area contributed by atoms with Gasteiger partial charge in [-0.05, 0) is 24.3 Å². The highest BCUT2D eigenvalue weighted by Gasteiger charge is 2.30. The van der Waals surface area contributed by atoms with Crippen LogP contribution in [-0.4, -0.2) is 19.7 Å². The van der Waals surface area contributed by atoms with Gasteiger partial charge >= 0.3 is 6.18 Å². The third kappa shape index (κ3) is 3.36. The maximum Gasteiger partial charge on any atom is 0.416 e. The minimum absolute atomic E-state index is 0.0118. The molecule has 0 N–H and O–H groups in total. The number of hydrogen-bond donors (Lipinski definition) is 0. The van der Waals surface area contributed by atoms with E-state index in [1.54, 1.807) is 0 Å². The number of rotatable bonds is 3. The SMILES string of the molecule is O=c1c2ccc(F)cc2ncn1Cc1nc(-c2cccc(C(F)(F)F)c2)no1. The zero-order valence-corrected chi connectivity index (χ0v) is 13.9. The van der Waals surface area contributed by atoms with Crippen LogP contribution in [0.1, 0.15) is 11.5 Å². The topological polar surface area (TPSA) is 73.8 Å². The zero-order valence-electron chi connectivity index (χ0n) is 13.9. The van der Waals surface area contributed by atoms with E-state index >= 15 is 0 Å². The van der Waals surface area contributed by atoms with Crippen LogP contribution in [0.25, 0.3) is 22.3 Å². The van der Waals surface area contributed by atoms with Crippen molar-refractivity contribution in [3.8, 4) is 11.4 Å². The summed E-state index contributed by atoms with van der Waals surface area (Å²) in [4.78, 5) is 20.5. The van der Waals surface area contributed by atoms with E-state index in [1.165, 1.54) is 29.1 Å². The molecular formula is C18H10F4N4O2. The minimum atomic E-state index is -4.49. The molecule has 142 valence electrons. The molecule has 6 nitrogen and oxygen atoms in total. The molecule has 2 heterocycles. The van der Waals surface area contributed by atoms with Gasteiger partial charge in [-0.2, -0.15) is 18.2 Å². The molecule has 10 heteroatoms. The lowest BCUT2D eigenvalue weighted by atomic mass is 10.1. The van der Waals surface area contributed by atoms with Crippen LogP contribution in [0, 0.1) is 5.82 Å². The average Bonchev–Trinajstić information content (AvgIpc) is 3.12. The van der Waals surface area contributed by atoms with Gasteiger partial charge in [-0.25, -0.2) is 9.37 Å². The fourth-order valence-corrected chi connectivity index (χ4v) is 2.66. The number of hydrogen-bond acceptors (Lipinski definition) is 5. The van der Waals surface area contributed by atoms with Gasteiger partial charge in [0.05, 0.1) is 22.8 Å². The smallest absolute Gasteiger partial charge is 0.337 e. The number of nitrogens with zero attached hydrogens (tertiary/aromatic N) is 4. The minimum Gasteiger partial charge on any atom is -0.337 e. The summed E-state index contributed by atoms with van der Waals surface area (Å²) in [5.74, 6) is -0.539. The summed E-state index contributed by atoms with van der Waals surface area (Å²) >= 11 is 0. The van der Waals surface area contributed by atoms with Crippen molar-refractivity contribution in [1.29, 1.82) is 0 Å². The Bertz CT molecular complexity index is 1230. The molecule has 0 bridgehead atoms. The lowest BCUT2D eigenvalue weighted by Crippen LogP contribution is -2.21. The molecule has 0 unspecified atom stereocenters. The predicted molar refractivity (Wildman–Crippen MR) is 89.8 cm³/mol. The standard InChI is InChI=1S/C18H10F4N4O2/c19-12-4-5-13-14(7-12)23-9-26(17(13)27)8-15-24-16(25-28-15)10-2-1-3-11(6-10)18(20,21)22/h1-7,9H,8H2. The third-order valence-electron chi connectivity index (χ3n) is 4.01. The molecule has 0 saturated heterocycles. The van der Waals surface area contributed by atoms with Crippen molar-refractivity contribution < 1.29 is 22.1 Å². The molecule has 28 heavy (non-hydrogen) atoms. The Labute approximate surface area is 154 Å². The van der Waals surface area contributed by atoms with Gasteiger partial charge in [-0.1, -0.05) is 17.3 Å². The van der Waals surface area contributed by atoms with Crippen LogP contribution in [0.3, 0.4) is 0 Å². The van der Waals surface area contributed by atoms with Crippen LogP contribution in [0.2, 0.25) is 0 Å².